The molecule has 0 aliphatic heterocycles. The van der Waals surface area contributed by atoms with E-state index in [1.54, 1.807) is 6.08 Å². The Morgan fingerprint density at radius 1 is 1.53 bits per heavy atom. The van der Waals surface area contributed by atoms with Crippen molar-refractivity contribution in [3.8, 4) is 0 Å². The van der Waals surface area contributed by atoms with E-state index >= 15 is 0 Å². The van der Waals surface area contributed by atoms with Gasteiger partial charge in [-0.05, 0) is 5.57 Å². The monoisotopic (exact) mass is 239 g/mol. The van der Waals surface area contributed by atoms with Crippen LogP contribution in [0.4, 0.5) is 0 Å². The molecule has 2 rings (SSSR count). The predicted molar refractivity (Wildman–Crippen MR) is 57.0 cm³/mol. The highest BCUT2D eigenvalue weighted by atomic mass is 16.3. The summed E-state index contributed by atoms with van der Waals surface area (Å²) in [5, 5.41) is 28.4. The smallest absolute Gasteiger partial charge is 0.268 e. The summed E-state index contributed by atoms with van der Waals surface area (Å²) in [5.74, 6) is -0.664. The van der Waals surface area contributed by atoms with Crippen molar-refractivity contribution in [3.05, 3.63) is 29.9 Å². The number of nitrogens with two attached hydrogens (primary N) is 1. The molecular weight excluding hydrogens is 226 g/mol. The maximum absolute atomic E-state index is 10.9. The zero-order valence-corrected chi connectivity index (χ0v) is 8.89. The molecule has 2 unspecified atom stereocenters. The van der Waals surface area contributed by atoms with Crippen molar-refractivity contribution in [1.82, 2.24) is 9.55 Å². The first kappa shape index (κ1) is 11.8. The number of hydrogen-bond donors (Lipinski definition) is 4. The van der Waals surface area contributed by atoms with Crippen molar-refractivity contribution in [2.24, 2.45) is 5.73 Å². The summed E-state index contributed by atoms with van der Waals surface area (Å²) >= 11 is 0. The predicted octanol–water partition coefficient (Wildman–Crippen LogP) is -1.82. The van der Waals surface area contributed by atoms with Gasteiger partial charge < -0.3 is 25.6 Å². The molecule has 0 spiro atoms. The van der Waals surface area contributed by atoms with Crippen molar-refractivity contribution >= 4 is 5.91 Å². The summed E-state index contributed by atoms with van der Waals surface area (Å²) in [6, 6.07) is -0.562. The summed E-state index contributed by atoms with van der Waals surface area (Å²) < 4.78 is 1.47. The van der Waals surface area contributed by atoms with Crippen molar-refractivity contribution in [3.63, 3.8) is 0 Å². The third-order valence-corrected chi connectivity index (χ3v) is 2.82. The van der Waals surface area contributed by atoms with E-state index in [1.807, 2.05) is 0 Å². The lowest BCUT2D eigenvalue weighted by Gasteiger charge is -2.18. The molecule has 0 aromatic carbocycles. The van der Waals surface area contributed by atoms with Gasteiger partial charge in [0, 0.05) is 6.20 Å². The number of aliphatic hydroxyl groups is 3. The summed E-state index contributed by atoms with van der Waals surface area (Å²) in [7, 11) is 0. The molecule has 0 fully saturated rings. The van der Waals surface area contributed by atoms with Crippen LogP contribution in [0.15, 0.2) is 24.2 Å². The van der Waals surface area contributed by atoms with Crippen LogP contribution < -0.4 is 5.73 Å². The van der Waals surface area contributed by atoms with Gasteiger partial charge in [-0.3, -0.25) is 4.79 Å². The number of amides is 1. The minimum atomic E-state index is -1.11. The topological polar surface area (TPSA) is 122 Å². The highest BCUT2D eigenvalue weighted by molar-refractivity contribution is 5.90. The van der Waals surface area contributed by atoms with Crippen molar-refractivity contribution in [2.45, 2.75) is 18.2 Å². The number of hydrogen-bond acceptors (Lipinski definition) is 5. The maximum Gasteiger partial charge on any atom is 0.268 e. The number of nitrogens with zero attached hydrogens (tertiary/aromatic N) is 2. The van der Waals surface area contributed by atoms with Gasteiger partial charge in [-0.2, -0.15) is 0 Å². The normalized spacial score (nSPS) is 28.2. The number of aliphatic hydroxyl groups excluding tert-OH is 3. The summed E-state index contributed by atoms with van der Waals surface area (Å²) in [6.07, 6.45) is 2.09. The lowest BCUT2D eigenvalue weighted by Crippen LogP contribution is -2.29. The van der Waals surface area contributed by atoms with Gasteiger partial charge in [-0.15, -0.1) is 0 Å². The van der Waals surface area contributed by atoms with Gasteiger partial charge in [0.15, 0.2) is 0 Å². The van der Waals surface area contributed by atoms with Gasteiger partial charge in [-0.1, -0.05) is 6.08 Å². The number of imidazole rings is 1. The van der Waals surface area contributed by atoms with E-state index in [9.17, 15) is 15.0 Å². The molecule has 1 amide bonds. The fourth-order valence-electron chi connectivity index (χ4n) is 1.86. The molecule has 0 saturated heterocycles. The molecule has 3 atom stereocenters. The summed E-state index contributed by atoms with van der Waals surface area (Å²) in [5.41, 5.74) is 5.48. The molecule has 0 radical (unpaired) electrons. The molecular formula is C10H13N3O4. The third kappa shape index (κ3) is 1.95. The number of carbonyl (C=O) groups excluding carboxylic acids is 1. The maximum atomic E-state index is 10.9. The van der Waals surface area contributed by atoms with Crippen molar-refractivity contribution < 1.29 is 20.1 Å². The fraction of sp³-hybridized carbons (Fsp3) is 0.400. The first-order chi connectivity index (χ1) is 8.04. The number of carbonyl (C=O) groups is 1. The Hall–Kier alpha value is -1.70. The van der Waals surface area contributed by atoms with Crippen LogP contribution >= 0.6 is 0 Å². The van der Waals surface area contributed by atoms with Crippen LogP contribution in [0.5, 0.6) is 0 Å². The van der Waals surface area contributed by atoms with Crippen LogP contribution in [0.1, 0.15) is 16.5 Å². The second-order valence-electron chi connectivity index (χ2n) is 3.90. The number of primary amides is 1. The zero-order valence-electron chi connectivity index (χ0n) is 8.89. The van der Waals surface area contributed by atoms with E-state index in [2.05, 4.69) is 4.98 Å². The Labute approximate surface area is 96.8 Å². The van der Waals surface area contributed by atoms with Crippen LogP contribution in [0, 0.1) is 0 Å². The largest absolute Gasteiger partial charge is 0.392 e. The van der Waals surface area contributed by atoms with Crippen LogP contribution in [-0.4, -0.2) is 49.6 Å². The van der Waals surface area contributed by atoms with Gasteiger partial charge in [0.1, 0.15) is 17.9 Å². The van der Waals surface area contributed by atoms with E-state index in [0.717, 1.165) is 0 Å². The first-order valence-electron chi connectivity index (χ1n) is 5.05. The van der Waals surface area contributed by atoms with Crippen molar-refractivity contribution in [2.75, 3.05) is 6.61 Å². The average Bonchev–Trinajstić information content (AvgIpc) is 2.87. The third-order valence-electron chi connectivity index (χ3n) is 2.82. The zero-order chi connectivity index (χ0) is 12.6. The number of aromatic nitrogens is 2. The van der Waals surface area contributed by atoms with Crippen LogP contribution in [0.2, 0.25) is 0 Å². The molecule has 92 valence electrons. The molecule has 1 aromatic rings. The summed E-state index contributed by atoms with van der Waals surface area (Å²) in [4.78, 5) is 14.6. The lowest BCUT2D eigenvalue weighted by molar-refractivity contribution is 0.0281. The van der Waals surface area contributed by atoms with Crippen LogP contribution in [0.25, 0.3) is 0 Å². The molecule has 1 aliphatic rings. The highest BCUT2D eigenvalue weighted by Crippen LogP contribution is 2.29. The Bertz CT molecular complexity index is 468. The second-order valence-corrected chi connectivity index (χ2v) is 3.90. The first-order valence-corrected chi connectivity index (χ1v) is 5.05. The molecule has 7 nitrogen and oxygen atoms in total. The van der Waals surface area contributed by atoms with Gasteiger partial charge in [0.25, 0.3) is 5.91 Å². The van der Waals surface area contributed by atoms with E-state index in [1.165, 1.54) is 17.1 Å². The molecule has 5 N–H and O–H groups in total. The molecule has 7 heteroatoms. The molecule has 1 aromatic heterocycles. The van der Waals surface area contributed by atoms with E-state index < -0.39 is 24.2 Å². The molecule has 1 aliphatic carbocycles. The van der Waals surface area contributed by atoms with Crippen LogP contribution in [0.3, 0.4) is 0 Å². The SMILES string of the molecule is NC(=O)c1cn([C@@H]2C=C(CO)C(O)C2O)cn1. The minimum Gasteiger partial charge on any atom is -0.392 e. The Morgan fingerprint density at radius 3 is 2.71 bits per heavy atom. The van der Waals surface area contributed by atoms with Gasteiger partial charge in [-0.25, -0.2) is 4.98 Å². The molecule has 0 saturated carbocycles. The van der Waals surface area contributed by atoms with E-state index in [0.29, 0.717) is 5.57 Å². The molecule has 1 heterocycles. The molecule has 0 bridgehead atoms. The van der Waals surface area contributed by atoms with E-state index in [4.69, 9.17) is 10.8 Å². The van der Waals surface area contributed by atoms with E-state index in [-0.39, 0.29) is 12.3 Å². The van der Waals surface area contributed by atoms with Gasteiger partial charge in [0.05, 0.1) is 19.0 Å². The average molecular weight is 239 g/mol. The molecule has 17 heavy (non-hydrogen) atoms. The Morgan fingerprint density at radius 2 is 2.24 bits per heavy atom. The van der Waals surface area contributed by atoms with Crippen molar-refractivity contribution in [1.29, 1.82) is 0 Å². The minimum absolute atomic E-state index is 0.0811. The standard InChI is InChI=1S/C10H13N3O4/c11-10(17)6-2-13(4-12-6)7-1-5(3-14)8(15)9(7)16/h1-2,4,7-9,14-16H,3H2,(H2,11,17)/t7-,8?,9?/m1/s1. The Kier molecular flexibility index (Phi) is 2.97. The Balaban J connectivity index is 2.28. The second kappa shape index (κ2) is 4.28. The lowest BCUT2D eigenvalue weighted by atomic mass is 10.1. The van der Waals surface area contributed by atoms with Crippen LogP contribution in [-0.2, 0) is 0 Å². The highest BCUT2D eigenvalue weighted by Gasteiger charge is 2.35. The fourth-order valence-corrected chi connectivity index (χ4v) is 1.86. The number of rotatable bonds is 3. The van der Waals surface area contributed by atoms with Gasteiger partial charge >= 0.3 is 0 Å². The quantitative estimate of drug-likeness (QED) is 0.462. The summed E-state index contributed by atoms with van der Waals surface area (Å²) in [6.45, 7) is -0.327. The van der Waals surface area contributed by atoms with Gasteiger partial charge in [0.2, 0.25) is 0 Å².